The van der Waals surface area contributed by atoms with Crippen molar-refractivity contribution in [3.05, 3.63) is 83.4 Å². The molecular formula is C25H24N4O4S. The highest BCUT2D eigenvalue weighted by Crippen LogP contribution is 2.27. The number of aromatic nitrogens is 2. The second-order valence-corrected chi connectivity index (χ2v) is 9.37. The smallest absolute Gasteiger partial charge is 0.338 e. The molecule has 0 saturated heterocycles. The van der Waals surface area contributed by atoms with Crippen LogP contribution < -0.4 is 10.0 Å². The van der Waals surface area contributed by atoms with Crippen molar-refractivity contribution in [3.63, 3.8) is 0 Å². The van der Waals surface area contributed by atoms with Gasteiger partial charge in [-0.3, -0.25) is 4.72 Å². The third-order valence-corrected chi connectivity index (χ3v) is 6.59. The minimum Gasteiger partial charge on any atom is -0.462 e. The van der Waals surface area contributed by atoms with E-state index in [0.717, 1.165) is 11.1 Å². The molecule has 9 heteroatoms. The van der Waals surface area contributed by atoms with Crippen molar-refractivity contribution >= 4 is 44.3 Å². The van der Waals surface area contributed by atoms with Crippen LogP contribution in [0.15, 0.2) is 71.6 Å². The highest BCUT2D eigenvalue weighted by atomic mass is 32.2. The number of benzene rings is 3. The summed E-state index contributed by atoms with van der Waals surface area (Å²) in [7, 11) is -3.91. The number of carbonyl (C=O) groups is 1. The second-order valence-electron chi connectivity index (χ2n) is 7.68. The zero-order valence-corrected chi connectivity index (χ0v) is 19.8. The normalized spacial score (nSPS) is 11.3. The minimum atomic E-state index is -3.91. The van der Waals surface area contributed by atoms with Crippen molar-refractivity contribution in [1.29, 1.82) is 0 Å². The van der Waals surface area contributed by atoms with Gasteiger partial charge in [0.15, 0.2) is 11.6 Å². The number of aryl methyl sites for hydroxylation is 2. The molecule has 1 aromatic heterocycles. The summed E-state index contributed by atoms with van der Waals surface area (Å²) >= 11 is 0. The number of nitrogens with zero attached hydrogens (tertiary/aromatic N) is 2. The fourth-order valence-electron chi connectivity index (χ4n) is 3.27. The van der Waals surface area contributed by atoms with E-state index in [1.54, 1.807) is 67.6 Å². The van der Waals surface area contributed by atoms with Gasteiger partial charge in [-0.15, -0.1) is 0 Å². The van der Waals surface area contributed by atoms with Gasteiger partial charge in [0.2, 0.25) is 0 Å². The number of hydrogen-bond donors (Lipinski definition) is 2. The van der Waals surface area contributed by atoms with E-state index in [1.807, 2.05) is 19.9 Å². The molecule has 0 saturated carbocycles. The lowest BCUT2D eigenvalue weighted by Gasteiger charge is -2.14. The Morgan fingerprint density at radius 3 is 2.15 bits per heavy atom. The molecule has 0 aliphatic rings. The minimum absolute atomic E-state index is 0.0615. The Kier molecular flexibility index (Phi) is 6.47. The van der Waals surface area contributed by atoms with Gasteiger partial charge in [-0.1, -0.05) is 18.2 Å². The Hall–Kier alpha value is -3.98. The Balaban J connectivity index is 1.70. The van der Waals surface area contributed by atoms with Gasteiger partial charge in [0.25, 0.3) is 10.0 Å². The van der Waals surface area contributed by atoms with Crippen LogP contribution in [0.2, 0.25) is 0 Å². The summed E-state index contributed by atoms with van der Waals surface area (Å²) in [6.07, 6.45) is 0. The Morgan fingerprint density at radius 1 is 0.882 bits per heavy atom. The molecule has 1 heterocycles. The van der Waals surface area contributed by atoms with E-state index in [4.69, 9.17) is 4.74 Å². The van der Waals surface area contributed by atoms with Gasteiger partial charge in [0.1, 0.15) is 0 Å². The predicted molar refractivity (Wildman–Crippen MR) is 132 cm³/mol. The average Bonchev–Trinajstić information content (AvgIpc) is 2.81. The number of ether oxygens (including phenoxy) is 1. The Morgan fingerprint density at radius 2 is 1.53 bits per heavy atom. The van der Waals surface area contributed by atoms with E-state index >= 15 is 0 Å². The molecule has 0 aliphatic heterocycles. The van der Waals surface area contributed by atoms with Crippen LogP contribution in [-0.2, 0) is 14.8 Å². The third-order valence-electron chi connectivity index (χ3n) is 5.25. The third kappa shape index (κ3) is 4.99. The molecule has 2 N–H and O–H groups in total. The van der Waals surface area contributed by atoms with E-state index < -0.39 is 16.0 Å². The summed E-state index contributed by atoms with van der Waals surface area (Å²) in [5, 5.41) is 3.10. The Bertz CT molecular complexity index is 1470. The molecule has 0 radical (unpaired) electrons. The number of para-hydroxylation sites is 2. The quantitative estimate of drug-likeness (QED) is 0.362. The van der Waals surface area contributed by atoms with Crippen molar-refractivity contribution in [2.45, 2.75) is 25.7 Å². The van der Waals surface area contributed by atoms with Gasteiger partial charge < -0.3 is 10.1 Å². The number of sulfonamides is 1. The van der Waals surface area contributed by atoms with Gasteiger partial charge >= 0.3 is 5.97 Å². The topological polar surface area (TPSA) is 110 Å². The maximum atomic E-state index is 13.1. The zero-order chi connectivity index (χ0) is 24.3. The first kappa shape index (κ1) is 23.2. The number of esters is 1. The lowest BCUT2D eigenvalue weighted by Crippen LogP contribution is -2.16. The lowest BCUT2D eigenvalue weighted by atomic mass is 10.1. The number of hydrogen-bond acceptors (Lipinski definition) is 7. The number of fused-ring (bicyclic) bond motifs is 1. The van der Waals surface area contributed by atoms with E-state index in [1.165, 1.54) is 0 Å². The molecule has 8 nitrogen and oxygen atoms in total. The van der Waals surface area contributed by atoms with Crippen LogP contribution >= 0.6 is 0 Å². The summed E-state index contributed by atoms with van der Waals surface area (Å²) in [4.78, 5) is 21.1. The molecular weight excluding hydrogens is 452 g/mol. The first-order valence-electron chi connectivity index (χ1n) is 10.7. The van der Waals surface area contributed by atoms with Crippen LogP contribution in [0.25, 0.3) is 11.0 Å². The monoisotopic (exact) mass is 476 g/mol. The Labute approximate surface area is 198 Å². The van der Waals surface area contributed by atoms with Crippen LogP contribution in [-0.4, -0.2) is 31.0 Å². The predicted octanol–water partition coefficient (Wildman–Crippen LogP) is 4.97. The van der Waals surface area contributed by atoms with E-state index in [2.05, 4.69) is 20.0 Å². The van der Waals surface area contributed by atoms with Gasteiger partial charge in [0.05, 0.1) is 28.1 Å². The molecule has 0 aliphatic carbocycles. The molecule has 0 atom stereocenters. The van der Waals surface area contributed by atoms with E-state index in [9.17, 15) is 13.2 Å². The van der Waals surface area contributed by atoms with Crippen LogP contribution in [0.4, 0.5) is 17.3 Å². The highest BCUT2D eigenvalue weighted by Gasteiger charge is 2.20. The second kappa shape index (κ2) is 9.48. The molecule has 3 aromatic carbocycles. The molecule has 0 unspecified atom stereocenters. The van der Waals surface area contributed by atoms with Crippen LogP contribution in [0.5, 0.6) is 0 Å². The summed E-state index contributed by atoms with van der Waals surface area (Å²) in [5.74, 6) is -0.122. The summed E-state index contributed by atoms with van der Waals surface area (Å²) < 4.78 is 33.8. The SMILES string of the molecule is CCOC(=O)c1ccc(Nc2nc3ccccc3nc2NS(=O)(=O)c2ccc(C)c(C)c2)cc1. The number of carbonyl (C=O) groups excluding carboxylic acids is 1. The molecule has 34 heavy (non-hydrogen) atoms. The van der Waals surface area contributed by atoms with Gasteiger partial charge in [-0.05, 0) is 80.4 Å². The van der Waals surface area contributed by atoms with Crippen LogP contribution in [0.1, 0.15) is 28.4 Å². The zero-order valence-electron chi connectivity index (χ0n) is 19.0. The van der Waals surface area contributed by atoms with Crippen LogP contribution in [0.3, 0.4) is 0 Å². The van der Waals surface area contributed by atoms with Crippen molar-refractivity contribution in [2.24, 2.45) is 0 Å². The average molecular weight is 477 g/mol. The molecule has 0 spiro atoms. The van der Waals surface area contributed by atoms with E-state index in [0.29, 0.717) is 22.3 Å². The van der Waals surface area contributed by atoms with Crippen LogP contribution in [0, 0.1) is 13.8 Å². The fraction of sp³-hybridized carbons (Fsp3) is 0.160. The summed E-state index contributed by atoms with van der Waals surface area (Å²) in [5.41, 5.74) is 4.02. The van der Waals surface area contributed by atoms with Gasteiger partial charge in [0, 0.05) is 5.69 Å². The highest BCUT2D eigenvalue weighted by molar-refractivity contribution is 7.92. The first-order chi connectivity index (χ1) is 16.3. The number of anilines is 3. The van der Waals surface area contributed by atoms with Crippen molar-refractivity contribution < 1.29 is 17.9 Å². The molecule has 0 amide bonds. The standard InChI is InChI=1S/C25H24N4O4S/c1-4-33-25(30)18-10-12-19(13-11-18)26-23-24(28-22-8-6-5-7-21(22)27-23)29-34(31,32)20-14-9-16(2)17(3)15-20/h5-15H,4H2,1-3H3,(H,26,27)(H,28,29). The number of rotatable bonds is 7. The van der Waals surface area contributed by atoms with Gasteiger partial charge in [-0.2, -0.15) is 0 Å². The largest absolute Gasteiger partial charge is 0.462 e. The van der Waals surface area contributed by atoms with Crippen molar-refractivity contribution in [2.75, 3.05) is 16.6 Å². The summed E-state index contributed by atoms with van der Waals surface area (Å²) in [6.45, 7) is 5.81. The molecule has 0 bridgehead atoms. The first-order valence-corrected chi connectivity index (χ1v) is 12.2. The lowest BCUT2D eigenvalue weighted by molar-refractivity contribution is 0.0526. The molecule has 0 fully saturated rings. The number of nitrogens with one attached hydrogen (secondary N) is 2. The van der Waals surface area contributed by atoms with Crippen molar-refractivity contribution in [1.82, 2.24) is 9.97 Å². The molecule has 4 aromatic rings. The molecule has 174 valence electrons. The van der Waals surface area contributed by atoms with Crippen molar-refractivity contribution in [3.8, 4) is 0 Å². The maximum absolute atomic E-state index is 13.1. The fourth-order valence-corrected chi connectivity index (χ4v) is 4.36. The van der Waals surface area contributed by atoms with Gasteiger partial charge in [-0.25, -0.2) is 23.2 Å². The maximum Gasteiger partial charge on any atom is 0.338 e. The van der Waals surface area contributed by atoms with E-state index in [-0.39, 0.29) is 23.1 Å². The molecule has 4 rings (SSSR count). The summed E-state index contributed by atoms with van der Waals surface area (Å²) in [6, 6.07) is 18.7.